The highest BCUT2D eigenvalue weighted by molar-refractivity contribution is 6.30. The Balaban J connectivity index is 1.67. The molecule has 35 heavy (non-hydrogen) atoms. The number of anilines is 1. The molecule has 0 radical (unpaired) electrons. The standard InChI is InChI=1S/C23H21ClF4N4O3/c1-30(2)20(34)14-8-22(9-14)21(35)31(19-17(25)7-16(24)10-29-19)12-18(33)32(22)11-13-3-5-15(6-4-13)23(26,27)28/h3-7,10,14H,8-9,11-12H2,1-2H3. The van der Waals surface area contributed by atoms with Crippen LogP contribution < -0.4 is 4.90 Å². The van der Waals surface area contributed by atoms with Gasteiger partial charge in [-0.15, -0.1) is 0 Å². The Morgan fingerprint density at radius 1 is 1.20 bits per heavy atom. The van der Waals surface area contributed by atoms with Crippen molar-refractivity contribution in [2.45, 2.75) is 31.1 Å². The summed E-state index contributed by atoms with van der Waals surface area (Å²) in [4.78, 5) is 46.8. The van der Waals surface area contributed by atoms with E-state index in [9.17, 15) is 31.9 Å². The fourth-order valence-electron chi connectivity index (χ4n) is 4.59. The Labute approximate surface area is 203 Å². The van der Waals surface area contributed by atoms with Crippen molar-refractivity contribution in [3.8, 4) is 0 Å². The van der Waals surface area contributed by atoms with Gasteiger partial charge in [0.2, 0.25) is 11.8 Å². The summed E-state index contributed by atoms with van der Waals surface area (Å²) in [5, 5.41) is 0.0148. The minimum Gasteiger partial charge on any atom is -0.349 e. The molecule has 186 valence electrons. The fraction of sp³-hybridized carbons (Fsp3) is 0.391. The number of carbonyl (C=O) groups excluding carboxylic acids is 3. The first-order valence-electron chi connectivity index (χ1n) is 10.6. The van der Waals surface area contributed by atoms with Gasteiger partial charge in [0.15, 0.2) is 11.6 Å². The molecule has 0 bridgehead atoms. The van der Waals surface area contributed by atoms with E-state index in [4.69, 9.17) is 11.6 Å². The first-order chi connectivity index (χ1) is 16.3. The van der Waals surface area contributed by atoms with Crippen LogP contribution in [0.25, 0.3) is 0 Å². The molecule has 1 aliphatic heterocycles. The molecule has 1 aliphatic carbocycles. The molecule has 1 saturated carbocycles. The third-order valence-corrected chi connectivity index (χ3v) is 6.59. The summed E-state index contributed by atoms with van der Waals surface area (Å²) in [6.45, 7) is -0.658. The number of amides is 3. The number of carbonyl (C=O) groups is 3. The molecule has 2 heterocycles. The number of piperazine rings is 1. The zero-order chi connectivity index (χ0) is 25.7. The van der Waals surface area contributed by atoms with Gasteiger partial charge >= 0.3 is 6.18 Å². The highest BCUT2D eigenvalue weighted by Crippen LogP contribution is 2.48. The van der Waals surface area contributed by atoms with Crippen molar-refractivity contribution in [1.29, 1.82) is 0 Å². The first kappa shape index (κ1) is 24.9. The predicted octanol–water partition coefficient (Wildman–Crippen LogP) is 3.51. The molecular formula is C23H21ClF4N4O3. The van der Waals surface area contributed by atoms with Gasteiger partial charge in [0.1, 0.15) is 12.1 Å². The maximum Gasteiger partial charge on any atom is 0.416 e. The molecule has 1 aromatic carbocycles. The lowest BCUT2D eigenvalue weighted by atomic mass is 9.64. The van der Waals surface area contributed by atoms with Gasteiger partial charge < -0.3 is 9.80 Å². The highest BCUT2D eigenvalue weighted by Gasteiger charge is 2.62. The molecule has 2 fully saturated rings. The number of benzene rings is 1. The topological polar surface area (TPSA) is 73.8 Å². The third-order valence-electron chi connectivity index (χ3n) is 6.38. The largest absolute Gasteiger partial charge is 0.416 e. The molecule has 1 saturated heterocycles. The summed E-state index contributed by atoms with van der Waals surface area (Å²) in [7, 11) is 3.14. The molecule has 1 spiro atoms. The molecule has 0 atom stereocenters. The summed E-state index contributed by atoms with van der Waals surface area (Å²) >= 11 is 5.76. The number of aromatic nitrogens is 1. The molecule has 4 rings (SSSR count). The average molecular weight is 513 g/mol. The van der Waals surface area contributed by atoms with Gasteiger partial charge in [-0.3, -0.25) is 19.3 Å². The van der Waals surface area contributed by atoms with Crippen molar-refractivity contribution >= 4 is 35.1 Å². The molecule has 7 nitrogen and oxygen atoms in total. The minimum absolute atomic E-state index is 0.000923. The van der Waals surface area contributed by atoms with Crippen LogP contribution in [0.4, 0.5) is 23.4 Å². The molecule has 0 unspecified atom stereocenters. The van der Waals surface area contributed by atoms with Gasteiger partial charge in [-0.25, -0.2) is 9.37 Å². The van der Waals surface area contributed by atoms with Crippen LogP contribution in [-0.4, -0.2) is 58.7 Å². The summed E-state index contributed by atoms with van der Waals surface area (Å²) in [6, 6.07) is 5.25. The number of nitrogens with zero attached hydrogens (tertiary/aromatic N) is 4. The Bertz CT molecular complexity index is 1180. The SMILES string of the molecule is CN(C)C(=O)C1CC2(C1)C(=O)N(c1ncc(Cl)cc1F)CC(=O)N2Cc1ccc(C(F)(F)F)cc1. The number of hydrogen-bond donors (Lipinski definition) is 0. The molecule has 1 aromatic heterocycles. The van der Waals surface area contributed by atoms with Gasteiger partial charge in [0.05, 0.1) is 10.6 Å². The summed E-state index contributed by atoms with van der Waals surface area (Å²) in [5.74, 6) is -3.16. The molecule has 2 aliphatic rings. The predicted molar refractivity (Wildman–Crippen MR) is 118 cm³/mol. The van der Waals surface area contributed by atoms with E-state index in [1.807, 2.05) is 0 Å². The van der Waals surface area contributed by atoms with Crippen molar-refractivity contribution < 1.29 is 31.9 Å². The molecule has 3 amide bonds. The smallest absolute Gasteiger partial charge is 0.349 e. The van der Waals surface area contributed by atoms with Crippen molar-refractivity contribution in [3.05, 3.63) is 58.5 Å². The van der Waals surface area contributed by atoms with Crippen LogP contribution in [0.1, 0.15) is 24.0 Å². The van der Waals surface area contributed by atoms with E-state index in [2.05, 4.69) is 4.98 Å². The molecule has 12 heteroatoms. The second-order valence-corrected chi connectivity index (χ2v) is 9.33. The normalized spacial score (nSPS) is 22.4. The van der Waals surface area contributed by atoms with E-state index in [1.54, 1.807) is 14.1 Å². The van der Waals surface area contributed by atoms with Gasteiger partial charge in [-0.1, -0.05) is 23.7 Å². The van der Waals surface area contributed by atoms with E-state index in [1.165, 1.54) is 21.9 Å². The van der Waals surface area contributed by atoms with Gasteiger partial charge in [-0.05, 0) is 36.6 Å². The monoisotopic (exact) mass is 512 g/mol. The summed E-state index contributed by atoms with van der Waals surface area (Å²) in [5.41, 5.74) is -1.92. The van der Waals surface area contributed by atoms with Gasteiger partial charge in [-0.2, -0.15) is 13.2 Å². The van der Waals surface area contributed by atoms with Crippen LogP contribution in [-0.2, 0) is 27.1 Å². The van der Waals surface area contributed by atoms with Gasteiger partial charge in [0, 0.05) is 32.8 Å². The zero-order valence-electron chi connectivity index (χ0n) is 18.8. The third kappa shape index (κ3) is 4.44. The fourth-order valence-corrected chi connectivity index (χ4v) is 4.73. The molecular weight excluding hydrogens is 492 g/mol. The quantitative estimate of drug-likeness (QED) is 0.588. The minimum atomic E-state index is -4.51. The van der Waals surface area contributed by atoms with Crippen LogP contribution in [0.3, 0.4) is 0 Å². The maximum atomic E-state index is 14.6. The average Bonchev–Trinajstić information content (AvgIpc) is 2.74. The highest BCUT2D eigenvalue weighted by atomic mass is 35.5. The molecule has 0 N–H and O–H groups in total. The number of hydrogen-bond acceptors (Lipinski definition) is 4. The van der Waals surface area contributed by atoms with Crippen LogP contribution >= 0.6 is 11.6 Å². The molecule has 2 aromatic rings. The number of rotatable bonds is 4. The van der Waals surface area contributed by atoms with Crippen LogP contribution in [0.5, 0.6) is 0 Å². The Hall–Kier alpha value is -3.21. The number of halogens is 5. The van der Waals surface area contributed by atoms with Crippen molar-refractivity contribution in [2.75, 3.05) is 25.5 Å². The van der Waals surface area contributed by atoms with E-state index in [-0.39, 0.29) is 36.1 Å². The summed E-state index contributed by atoms with van der Waals surface area (Å²) < 4.78 is 53.4. The van der Waals surface area contributed by atoms with E-state index < -0.39 is 47.4 Å². The number of pyridine rings is 1. The lowest BCUT2D eigenvalue weighted by molar-refractivity contribution is -0.167. The Morgan fingerprint density at radius 2 is 1.83 bits per heavy atom. The van der Waals surface area contributed by atoms with Gasteiger partial charge in [0.25, 0.3) is 5.91 Å². The van der Waals surface area contributed by atoms with E-state index in [0.717, 1.165) is 29.3 Å². The lowest BCUT2D eigenvalue weighted by Crippen LogP contribution is -2.73. The van der Waals surface area contributed by atoms with E-state index >= 15 is 0 Å². The first-order valence-corrected chi connectivity index (χ1v) is 11.0. The maximum absolute atomic E-state index is 14.6. The Morgan fingerprint density at radius 3 is 2.37 bits per heavy atom. The zero-order valence-corrected chi connectivity index (χ0v) is 19.5. The lowest BCUT2D eigenvalue weighted by Gasteiger charge is -2.56. The van der Waals surface area contributed by atoms with E-state index in [0.29, 0.717) is 5.56 Å². The van der Waals surface area contributed by atoms with Crippen molar-refractivity contribution in [2.24, 2.45) is 5.92 Å². The number of alkyl halides is 3. The van der Waals surface area contributed by atoms with Crippen LogP contribution in [0, 0.1) is 11.7 Å². The second-order valence-electron chi connectivity index (χ2n) is 8.89. The Kier molecular flexibility index (Phi) is 6.25. The summed E-state index contributed by atoms with van der Waals surface area (Å²) in [6.07, 6.45) is -3.36. The van der Waals surface area contributed by atoms with Crippen LogP contribution in [0.15, 0.2) is 36.5 Å². The van der Waals surface area contributed by atoms with Crippen molar-refractivity contribution in [1.82, 2.24) is 14.8 Å². The van der Waals surface area contributed by atoms with Crippen molar-refractivity contribution in [3.63, 3.8) is 0 Å². The van der Waals surface area contributed by atoms with Crippen LogP contribution in [0.2, 0.25) is 5.02 Å². The second kappa shape index (κ2) is 8.78.